The van der Waals surface area contributed by atoms with Crippen LogP contribution in [0.2, 0.25) is 0 Å². The molecule has 0 atom stereocenters. The van der Waals surface area contributed by atoms with E-state index in [0.29, 0.717) is 0 Å². The number of alkyl halides is 1. The van der Waals surface area contributed by atoms with Gasteiger partial charge < -0.3 is 10.1 Å². The Morgan fingerprint density at radius 1 is 1.23 bits per heavy atom. The van der Waals surface area contributed by atoms with E-state index in [1.165, 1.54) is 12.8 Å². The summed E-state index contributed by atoms with van der Waals surface area (Å²) in [6.45, 7) is 2.91. The molecule has 0 radical (unpaired) electrons. The third kappa shape index (κ3) is 6.24. The molecule has 0 aliphatic carbocycles. The number of hydrogen-bond donors (Lipinski definition) is 1. The molecule has 1 saturated heterocycles. The highest BCUT2D eigenvalue weighted by Gasteiger charge is 2.11. The Morgan fingerprint density at radius 3 is 2.54 bits per heavy atom. The van der Waals surface area contributed by atoms with Crippen molar-refractivity contribution in [2.75, 3.05) is 33.0 Å². The van der Waals surface area contributed by atoms with E-state index >= 15 is 0 Å². The van der Waals surface area contributed by atoms with Crippen molar-refractivity contribution in [3.63, 3.8) is 0 Å². The predicted octanol–water partition coefficient (Wildman–Crippen LogP) is 1.78. The maximum atomic E-state index is 11.6. The van der Waals surface area contributed by atoms with E-state index in [-0.39, 0.29) is 25.7 Å². The third-order valence-electron chi connectivity index (χ3n) is 2.35. The first kappa shape index (κ1) is 13.1. The molecule has 1 rings (SSSR count). The Kier molecular flexibility index (Phi) is 8.82. The summed E-state index contributed by atoms with van der Waals surface area (Å²) in [4.78, 5) is 0. The summed E-state index contributed by atoms with van der Waals surface area (Å²) in [6, 6.07) is 0. The van der Waals surface area contributed by atoms with Gasteiger partial charge in [0.15, 0.2) is 0 Å². The number of rotatable bonds is 5. The first-order valence-electron chi connectivity index (χ1n) is 4.78. The fourth-order valence-electron chi connectivity index (χ4n) is 1.58. The van der Waals surface area contributed by atoms with Gasteiger partial charge in [-0.15, -0.1) is 12.4 Å². The average molecular weight is 212 g/mol. The SMILES string of the molecule is Cl.FCCOCCC1CCNCC1. The van der Waals surface area contributed by atoms with Crippen LogP contribution in [0.15, 0.2) is 0 Å². The van der Waals surface area contributed by atoms with Gasteiger partial charge in [0.2, 0.25) is 0 Å². The minimum Gasteiger partial charge on any atom is -0.379 e. The van der Waals surface area contributed by atoms with Gasteiger partial charge in [-0.2, -0.15) is 0 Å². The van der Waals surface area contributed by atoms with Crippen molar-refractivity contribution >= 4 is 12.4 Å². The fourth-order valence-corrected chi connectivity index (χ4v) is 1.58. The lowest BCUT2D eigenvalue weighted by Crippen LogP contribution is -2.28. The molecule has 4 heteroatoms. The van der Waals surface area contributed by atoms with Crippen molar-refractivity contribution in [2.45, 2.75) is 19.3 Å². The summed E-state index contributed by atoms with van der Waals surface area (Å²) in [7, 11) is 0. The van der Waals surface area contributed by atoms with Gasteiger partial charge in [0, 0.05) is 6.61 Å². The number of hydrogen-bond acceptors (Lipinski definition) is 2. The lowest BCUT2D eigenvalue weighted by Gasteiger charge is -2.22. The largest absolute Gasteiger partial charge is 0.379 e. The van der Waals surface area contributed by atoms with Gasteiger partial charge in [-0.05, 0) is 38.3 Å². The van der Waals surface area contributed by atoms with Crippen LogP contribution in [0.25, 0.3) is 0 Å². The topological polar surface area (TPSA) is 21.3 Å². The van der Waals surface area contributed by atoms with Gasteiger partial charge in [0.05, 0.1) is 6.61 Å². The highest BCUT2D eigenvalue weighted by atomic mass is 35.5. The molecule has 1 aliphatic heterocycles. The number of ether oxygens (including phenoxy) is 1. The quantitative estimate of drug-likeness (QED) is 0.701. The molecule has 0 bridgehead atoms. The van der Waals surface area contributed by atoms with E-state index < -0.39 is 0 Å². The van der Waals surface area contributed by atoms with Gasteiger partial charge in [-0.25, -0.2) is 4.39 Å². The molecule has 0 aromatic carbocycles. The van der Waals surface area contributed by atoms with E-state index in [9.17, 15) is 4.39 Å². The summed E-state index contributed by atoms with van der Waals surface area (Å²) >= 11 is 0. The molecular weight excluding hydrogens is 193 g/mol. The molecule has 0 spiro atoms. The average Bonchev–Trinajstić information content (AvgIpc) is 2.14. The van der Waals surface area contributed by atoms with E-state index in [1.807, 2.05) is 0 Å². The lowest BCUT2D eigenvalue weighted by atomic mass is 9.95. The second-order valence-corrected chi connectivity index (χ2v) is 3.28. The van der Waals surface area contributed by atoms with E-state index in [4.69, 9.17) is 4.74 Å². The zero-order chi connectivity index (χ0) is 8.65. The van der Waals surface area contributed by atoms with Crippen molar-refractivity contribution in [2.24, 2.45) is 5.92 Å². The van der Waals surface area contributed by atoms with Crippen LogP contribution in [0.1, 0.15) is 19.3 Å². The van der Waals surface area contributed by atoms with Gasteiger partial charge in [0.25, 0.3) is 0 Å². The summed E-state index contributed by atoms with van der Waals surface area (Å²) in [5, 5.41) is 3.32. The summed E-state index contributed by atoms with van der Waals surface area (Å²) in [5.41, 5.74) is 0. The van der Waals surface area contributed by atoms with Crippen LogP contribution in [0.4, 0.5) is 4.39 Å². The van der Waals surface area contributed by atoms with Crippen molar-refractivity contribution in [3.8, 4) is 0 Å². The molecule has 1 fully saturated rings. The predicted molar refractivity (Wildman–Crippen MR) is 54.3 cm³/mol. The normalized spacial score (nSPS) is 18.2. The second kappa shape index (κ2) is 8.73. The molecule has 0 aromatic heterocycles. The maximum Gasteiger partial charge on any atom is 0.113 e. The monoisotopic (exact) mass is 211 g/mol. The molecule has 1 aliphatic rings. The zero-order valence-electron chi connectivity index (χ0n) is 7.93. The van der Waals surface area contributed by atoms with Crippen molar-refractivity contribution in [3.05, 3.63) is 0 Å². The minimum absolute atomic E-state index is 0. The molecule has 1 heterocycles. The van der Waals surface area contributed by atoms with E-state index in [2.05, 4.69) is 5.32 Å². The van der Waals surface area contributed by atoms with Crippen LogP contribution in [-0.4, -0.2) is 33.0 Å². The van der Waals surface area contributed by atoms with Gasteiger partial charge in [0.1, 0.15) is 6.67 Å². The Labute approximate surface area is 85.6 Å². The van der Waals surface area contributed by atoms with Crippen molar-refractivity contribution in [1.29, 1.82) is 0 Å². The smallest absolute Gasteiger partial charge is 0.113 e. The molecule has 13 heavy (non-hydrogen) atoms. The maximum absolute atomic E-state index is 11.6. The fraction of sp³-hybridized carbons (Fsp3) is 1.00. The molecule has 0 saturated carbocycles. The van der Waals surface area contributed by atoms with Crippen LogP contribution in [0.3, 0.4) is 0 Å². The summed E-state index contributed by atoms with van der Waals surface area (Å²) in [5.74, 6) is 0.797. The van der Waals surface area contributed by atoms with E-state index in [1.54, 1.807) is 0 Å². The first-order valence-corrected chi connectivity index (χ1v) is 4.78. The number of piperidine rings is 1. The molecule has 2 nitrogen and oxygen atoms in total. The molecule has 80 valence electrons. The Hall–Kier alpha value is 0.140. The van der Waals surface area contributed by atoms with E-state index in [0.717, 1.165) is 32.0 Å². The molecular formula is C9H19ClFNO. The highest BCUT2D eigenvalue weighted by Crippen LogP contribution is 2.15. The molecule has 0 aromatic rings. The minimum atomic E-state index is -0.355. The van der Waals surface area contributed by atoms with Crippen LogP contribution in [0, 0.1) is 5.92 Å². The Balaban J connectivity index is 0.00000144. The first-order chi connectivity index (χ1) is 5.93. The Bertz CT molecular complexity index is 110. The lowest BCUT2D eigenvalue weighted by molar-refractivity contribution is 0.102. The van der Waals surface area contributed by atoms with Crippen molar-refractivity contribution < 1.29 is 9.13 Å². The summed E-state index contributed by atoms with van der Waals surface area (Å²) in [6.07, 6.45) is 3.60. The van der Waals surface area contributed by atoms with Crippen LogP contribution in [-0.2, 0) is 4.74 Å². The second-order valence-electron chi connectivity index (χ2n) is 3.28. The number of nitrogens with one attached hydrogen (secondary N) is 1. The van der Waals surface area contributed by atoms with Crippen LogP contribution in [0.5, 0.6) is 0 Å². The van der Waals surface area contributed by atoms with Gasteiger partial charge >= 0.3 is 0 Å². The van der Waals surface area contributed by atoms with Crippen molar-refractivity contribution in [1.82, 2.24) is 5.32 Å². The number of halogens is 2. The molecule has 1 N–H and O–H groups in total. The third-order valence-corrected chi connectivity index (χ3v) is 2.35. The van der Waals surface area contributed by atoms with Gasteiger partial charge in [-0.3, -0.25) is 0 Å². The van der Waals surface area contributed by atoms with Crippen LogP contribution < -0.4 is 5.32 Å². The summed E-state index contributed by atoms with van der Waals surface area (Å²) < 4.78 is 16.7. The van der Waals surface area contributed by atoms with Gasteiger partial charge in [-0.1, -0.05) is 0 Å². The van der Waals surface area contributed by atoms with Crippen LogP contribution >= 0.6 is 12.4 Å². The highest BCUT2D eigenvalue weighted by molar-refractivity contribution is 5.85. The molecule has 0 amide bonds. The standard InChI is InChI=1S/C9H18FNO.ClH/c10-4-8-12-7-3-9-1-5-11-6-2-9;/h9,11H,1-8H2;1H. The molecule has 0 unspecified atom stereocenters. The zero-order valence-corrected chi connectivity index (χ0v) is 8.75. The Morgan fingerprint density at radius 2 is 1.92 bits per heavy atom.